The van der Waals surface area contributed by atoms with E-state index in [1.54, 1.807) is 0 Å². The maximum atomic E-state index is 9.63. The Morgan fingerprint density at radius 2 is 0.917 bits per heavy atom. The molecule has 0 bridgehead atoms. The summed E-state index contributed by atoms with van der Waals surface area (Å²) in [6.07, 6.45) is 2.32. The number of carbonyl (C=O) groups excluding carboxylic acids is 1. The van der Waals surface area contributed by atoms with Crippen molar-refractivity contribution in [2.45, 2.75) is 36.1 Å². The maximum absolute atomic E-state index is 9.63. The van der Waals surface area contributed by atoms with Crippen LogP contribution in [0, 0.1) is 0 Å². The quantitative estimate of drug-likeness (QED) is 0.602. The molecule has 0 amide bonds. The van der Waals surface area contributed by atoms with Gasteiger partial charge in [-0.2, -0.15) is 0 Å². The zero-order chi connectivity index (χ0) is 8.08. The normalized spacial score (nSPS) is 7.00. The van der Waals surface area contributed by atoms with Gasteiger partial charge in [-0.3, -0.25) is 0 Å². The van der Waals surface area contributed by atoms with Crippen LogP contribution in [-0.2, 0) is 14.6 Å². The lowest BCUT2D eigenvalue weighted by molar-refractivity contribution is -0.114. The van der Waals surface area contributed by atoms with Gasteiger partial charge in [0.2, 0.25) is 0 Å². The molecule has 0 radical (unpaired) electrons. The molecule has 0 atom stereocenters. The van der Waals surface area contributed by atoms with Crippen LogP contribution in [0.3, 0.4) is 0 Å². The van der Waals surface area contributed by atoms with Crippen molar-refractivity contribution in [1.29, 1.82) is 0 Å². The number of carbonyl (C=O) groups is 1. The molecule has 0 saturated heterocycles. The van der Waals surface area contributed by atoms with Gasteiger partial charge in [-0.05, 0) is 13.8 Å². The molecule has 80 valence electrons. The van der Waals surface area contributed by atoms with E-state index in [0.717, 1.165) is 12.5 Å². The van der Waals surface area contributed by atoms with E-state index in [9.17, 15) is 13.2 Å². The molecule has 0 aromatic rings. The summed E-state index contributed by atoms with van der Waals surface area (Å²) in [6.45, 7) is 3.06. The molecule has 0 heterocycles. The molecule has 0 rings (SSSR count). The van der Waals surface area contributed by atoms with E-state index in [0.29, 0.717) is 0 Å². The Bertz CT molecular complexity index is 157. The lowest BCUT2D eigenvalue weighted by atomic mass is 10.6. The molecular formula is C8H24O3S. The Kier molecular flexibility index (Phi) is 33.0. The van der Waals surface area contributed by atoms with Crippen molar-refractivity contribution in [2.75, 3.05) is 12.5 Å². The van der Waals surface area contributed by atoms with Gasteiger partial charge >= 0.3 is 0 Å². The highest BCUT2D eigenvalue weighted by molar-refractivity contribution is 7.89. The maximum Gasteiger partial charge on any atom is 0.144 e. The predicted molar refractivity (Wildman–Crippen MR) is 57.3 cm³/mol. The third-order valence-corrected chi connectivity index (χ3v) is 0. The van der Waals surface area contributed by atoms with Crippen molar-refractivity contribution in [3.8, 4) is 0 Å². The van der Waals surface area contributed by atoms with Crippen LogP contribution in [0.1, 0.15) is 36.1 Å². The second-order valence-corrected chi connectivity index (χ2v) is 4.34. The van der Waals surface area contributed by atoms with Gasteiger partial charge in [-0.25, -0.2) is 8.42 Å². The lowest BCUT2D eigenvalue weighted by Crippen LogP contribution is -1.86. The Hall–Kier alpha value is -0.380. The van der Waals surface area contributed by atoms with E-state index in [-0.39, 0.29) is 28.1 Å². The molecule has 4 heteroatoms. The van der Waals surface area contributed by atoms with E-state index >= 15 is 0 Å². The van der Waals surface area contributed by atoms with Crippen LogP contribution in [-0.4, -0.2) is 26.7 Å². The van der Waals surface area contributed by atoms with Gasteiger partial charge in [0.15, 0.2) is 0 Å². The van der Waals surface area contributed by atoms with E-state index < -0.39 is 9.84 Å². The standard InChI is InChI=1S/C3H6O.C2H6O2S.3CH4/c1-3(2)4;1-5(2,3)4;;;/h1-2H3;1-2H3;3*1H4. The molecule has 0 unspecified atom stereocenters. The topological polar surface area (TPSA) is 51.2 Å². The summed E-state index contributed by atoms with van der Waals surface area (Å²) in [5.74, 6) is 0.167. The van der Waals surface area contributed by atoms with Crippen molar-refractivity contribution in [3.05, 3.63) is 0 Å². The van der Waals surface area contributed by atoms with Crippen molar-refractivity contribution in [1.82, 2.24) is 0 Å². The Morgan fingerprint density at radius 1 is 0.917 bits per heavy atom. The summed E-state index contributed by atoms with van der Waals surface area (Å²) in [4.78, 5) is 9.44. The van der Waals surface area contributed by atoms with Crippen molar-refractivity contribution < 1.29 is 13.2 Å². The molecule has 0 spiro atoms. The van der Waals surface area contributed by atoms with Crippen LogP contribution < -0.4 is 0 Å². The molecular weight excluding hydrogens is 176 g/mol. The molecule has 0 fully saturated rings. The zero-order valence-corrected chi connectivity index (χ0v) is 6.95. The molecule has 0 aliphatic rings. The van der Waals surface area contributed by atoms with Gasteiger partial charge in [0, 0.05) is 12.5 Å². The fourth-order valence-electron chi connectivity index (χ4n) is 0. The number of Topliss-reactive ketones (excluding diaryl/α,β-unsaturated/α-hetero) is 1. The number of ketones is 1. The molecule has 0 saturated carbocycles. The molecule has 12 heavy (non-hydrogen) atoms. The van der Waals surface area contributed by atoms with Gasteiger partial charge in [0.25, 0.3) is 0 Å². The highest BCUT2D eigenvalue weighted by Crippen LogP contribution is 1.61. The number of rotatable bonds is 0. The summed E-state index contributed by atoms with van der Waals surface area (Å²) in [5.41, 5.74) is 0. The smallest absolute Gasteiger partial charge is 0.144 e. The van der Waals surface area contributed by atoms with Crippen LogP contribution in [0.25, 0.3) is 0 Å². The first-order chi connectivity index (χ1) is 3.73. The molecule has 0 N–H and O–H groups in total. The summed E-state index contributed by atoms with van der Waals surface area (Å²) >= 11 is 0. The average molecular weight is 200 g/mol. The fraction of sp³-hybridized carbons (Fsp3) is 0.875. The molecule has 0 aliphatic heterocycles. The van der Waals surface area contributed by atoms with E-state index in [2.05, 4.69) is 0 Å². The molecule has 3 nitrogen and oxygen atoms in total. The van der Waals surface area contributed by atoms with Crippen LogP contribution >= 0.6 is 0 Å². The minimum absolute atomic E-state index is 0. The average Bonchev–Trinajstić information content (AvgIpc) is 1.19. The van der Waals surface area contributed by atoms with Crippen LogP contribution in [0.4, 0.5) is 0 Å². The summed E-state index contributed by atoms with van der Waals surface area (Å²) in [7, 11) is -2.67. The van der Waals surface area contributed by atoms with Gasteiger partial charge < -0.3 is 4.79 Å². The number of hydrogen-bond acceptors (Lipinski definition) is 3. The number of sulfone groups is 1. The monoisotopic (exact) mass is 200 g/mol. The summed E-state index contributed by atoms with van der Waals surface area (Å²) in [5, 5.41) is 0. The van der Waals surface area contributed by atoms with Crippen LogP contribution in [0.5, 0.6) is 0 Å². The van der Waals surface area contributed by atoms with Gasteiger partial charge in [0.05, 0.1) is 0 Å². The first-order valence-electron chi connectivity index (χ1n) is 2.35. The van der Waals surface area contributed by atoms with Crippen LogP contribution in [0.2, 0.25) is 0 Å². The highest BCUT2D eigenvalue weighted by atomic mass is 32.2. The first kappa shape index (κ1) is 29.9. The van der Waals surface area contributed by atoms with Crippen molar-refractivity contribution in [2.24, 2.45) is 0 Å². The van der Waals surface area contributed by atoms with Gasteiger partial charge in [0.1, 0.15) is 15.6 Å². The minimum atomic E-state index is -2.67. The molecule has 0 aromatic heterocycles. The largest absolute Gasteiger partial charge is 0.300 e. The third-order valence-electron chi connectivity index (χ3n) is 0. The minimum Gasteiger partial charge on any atom is -0.300 e. The van der Waals surface area contributed by atoms with Gasteiger partial charge in [-0.1, -0.05) is 22.3 Å². The lowest BCUT2D eigenvalue weighted by Gasteiger charge is -1.69. The van der Waals surface area contributed by atoms with E-state index in [1.807, 2.05) is 0 Å². The third kappa shape index (κ3) is 4950. The Labute approximate surface area is 78.1 Å². The van der Waals surface area contributed by atoms with Crippen molar-refractivity contribution >= 4 is 15.6 Å². The molecule has 0 aromatic carbocycles. The number of hydrogen-bond donors (Lipinski definition) is 0. The van der Waals surface area contributed by atoms with Crippen LogP contribution in [0.15, 0.2) is 0 Å². The summed E-state index contributed by atoms with van der Waals surface area (Å²) < 4.78 is 19.3. The van der Waals surface area contributed by atoms with E-state index in [4.69, 9.17) is 0 Å². The second-order valence-electron chi connectivity index (χ2n) is 2.05. The predicted octanol–water partition coefficient (Wildman–Crippen LogP) is 2.16. The van der Waals surface area contributed by atoms with Crippen molar-refractivity contribution in [3.63, 3.8) is 0 Å². The Morgan fingerprint density at radius 3 is 0.917 bits per heavy atom. The highest BCUT2D eigenvalue weighted by Gasteiger charge is 1.79. The Balaban J connectivity index is -0.0000000221. The first-order valence-corrected chi connectivity index (χ1v) is 4.65. The fourth-order valence-corrected chi connectivity index (χ4v) is 0. The molecule has 0 aliphatic carbocycles. The van der Waals surface area contributed by atoms with E-state index in [1.165, 1.54) is 13.8 Å². The second kappa shape index (κ2) is 13.2. The summed E-state index contributed by atoms with van der Waals surface area (Å²) in [6, 6.07) is 0. The SMILES string of the molecule is C.C.C.CC(C)=O.CS(C)(=O)=O. The zero-order valence-electron chi connectivity index (χ0n) is 6.13. The van der Waals surface area contributed by atoms with Gasteiger partial charge in [-0.15, -0.1) is 0 Å².